The number of nitrogens with one attached hydrogen (secondary N) is 2. The fourth-order valence-electron chi connectivity index (χ4n) is 6.57. The summed E-state index contributed by atoms with van der Waals surface area (Å²) in [5, 5.41) is 25.6. The molecule has 4 N–H and O–H groups in total. The minimum absolute atomic E-state index is 0.0281. The molecular weight excluding hydrogens is 454 g/mol. The van der Waals surface area contributed by atoms with Crippen LogP contribution in [0.2, 0.25) is 0 Å². The van der Waals surface area contributed by atoms with Crippen molar-refractivity contribution < 1.29 is 34.1 Å². The minimum Gasteiger partial charge on any atom is -0.479 e. The predicted octanol–water partition coefficient (Wildman–Crippen LogP) is 1.55. The highest BCUT2D eigenvalue weighted by atomic mass is 16.6. The largest absolute Gasteiger partial charge is 0.479 e. The van der Waals surface area contributed by atoms with Crippen LogP contribution in [-0.4, -0.2) is 75.4 Å². The summed E-state index contributed by atoms with van der Waals surface area (Å²) < 4.78 is 5.59. The Kier molecular flexibility index (Phi) is 6.67. The van der Waals surface area contributed by atoms with Crippen molar-refractivity contribution >= 4 is 23.9 Å². The van der Waals surface area contributed by atoms with E-state index in [1.165, 1.54) is 11.3 Å². The molecule has 0 bridgehead atoms. The van der Waals surface area contributed by atoms with Gasteiger partial charge < -0.3 is 30.5 Å². The maximum absolute atomic E-state index is 13.5. The fraction of sp³-hybridized carbons (Fsp3) is 0.840. The first-order chi connectivity index (χ1) is 16.8. The van der Waals surface area contributed by atoms with E-state index in [0.29, 0.717) is 24.7 Å². The summed E-state index contributed by atoms with van der Waals surface area (Å²) in [6.07, 6.45) is 7.39. The number of aliphatic carboxylic acids is 1. The number of alkyl carbamates (subject to hydrolysis) is 1. The Morgan fingerprint density at radius 3 is 2.40 bits per heavy atom. The molecule has 0 aromatic rings. The molecule has 194 valence electrons. The third-order valence-corrected chi connectivity index (χ3v) is 8.81. The number of carbonyl (C=O) groups is 4. The molecule has 5 fully saturated rings. The standard InChI is InChI=1S/C25H37N3O7/c29-17-11-20-21(30)27-25(23(32)33)12-16(25)6-4-2-1-3-5-7-19(22(31)28(20)13-17)26-24(34)35-18-9-14-8-15(14)10-18/h14-20,29H,1-13H2,(H,26,34)(H,27,30)(H,32,33)/t14-,15+,16-,17-,18+,19+,20+,25-/m1/s1. The van der Waals surface area contributed by atoms with E-state index in [2.05, 4.69) is 10.6 Å². The van der Waals surface area contributed by atoms with Crippen LogP contribution >= 0.6 is 0 Å². The van der Waals surface area contributed by atoms with E-state index >= 15 is 0 Å². The normalized spacial score (nSPS) is 41.4. The molecule has 0 radical (unpaired) electrons. The van der Waals surface area contributed by atoms with Crippen molar-refractivity contribution in [2.45, 2.75) is 107 Å². The second-order valence-corrected chi connectivity index (χ2v) is 11.4. The average molecular weight is 492 g/mol. The molecule has 0 unspecified atom stereocenters. The zero-order valence-corrected chi connectivity index (χ0v) is 20.1. The van der Waals surface area contributed by atoms with Crippen molar-refractivity contribution in [3.63, 3.8) is 0 Å². The number of rotatable bonds is 3. The Hall–Kier alpha value is -2.36. The van der Waals surface area contributed by atoms with Gasteiger partial charge >= 0.3 is 12.1 Å². The molecule has 0 spiro atoms. The van der Waals surface area contributed by atoms with Crippen molar-refractivity contribution in [2.24, 2.45) is 17.8 Å². The number of aliphatic hydroxyl groups is 1. The molecule has 10 nitrogen and oxygen atoms in total. The second kappa shape index (κ2) is 9.59. The van der Waals surface area contributed by atoms with E-state index in [4.69, 9.17) is 4.74 Å². The molecule has 2 aliphatic heterocycles. The lowest BCUT2D eigenvalue weighted by Gasteiger charge is -2.29. The van der Waals surface area contributed by atoms with Crippen LogP contribution < -0.4 is 10.6 Å². The van der Waals surface area contributed by atoms with Crippen LogP contribution in [0.25, 0.3) is 0 Å². The Balaban J connectivity index is 1.29. The first-order valence-corrected chi connectivity index (χ1v) is 13.3. The van der Waals surface area contributed by atoms with Crippen molar-refractivity contribution in [1.29, 1.82) is 0 Å². The van der Waals surface area contributed by atoms with Crippen molar-refractivity contribution in [1.82, 2.24) is 15.5 Å². The smallest absolute Gasteiger partial charge is 0.408 e. The third-order valence-electron chi connectivity index (χ3n) is 8.81. The van der Waals surface area contributed by atoms with Gasteiger partial charge in [-0.3, -0.25) is 9.59 Å². The van der Waals surface area contributed by atoms with Gasteiger partial charge in [-0.05, 0) is 56.3 Å². The summed E-state index contributed by atoms with van der Waals surface area (Å²) in [6, 6.07) is -1.83. The predicted molar refractivity (Wildman–Crippen MR) is 123 cm³/mol. The van der Waals surface area contributed by atoms with Crippen molar-refractivity contribution in [3.8, 4) is 0 Å². The Morgan fingerprint density at radius 2 is 1.69 bits per heavy atom. The van der Waals surface area contributed by atoms with E-state index < -0.39 is 47.6 Å². The first-order valence-electron chi connectivity index (χ1n) is 13.3. The van der Waals surface area contributed by atoms with Gasteiger partial charge in [0.15, 0.2) is 0 Å². The number of fused-ring (bicyclic) bond motifs is 3. The van der Waals surface area contributed by atoms with Crippen LogP contribution in [0.5, 0.6) is 0 Å². The van der Waals surface area contributed by atoms with E-state index in [1.807, 2.05) is 0 Å². The summed E-state index contributed by atoms with van der Waals surface area (Å²) in [4.78, 5) is 52.7. The van der Waals surface area contributed by atoms with Gasteiger partial charge in [0, 0.05) is 13.0 Å². The zero-order chi connectivity index (χ0) is 24.7. The number of carboxylic acids is 1. The van der Waals surface area contributed by atoms with Crippen molar-refractivity contribution in [3.05, 3.63) is 0 Å². The van der Waals surface area contributed by atoms with Crippen LogP contribution in [0, 0.1) is 17.8 Å². The van der Waals surface area contributed by atoms with Gasteiger partial charge in [0.1, 0.15) is 23.7 Å². The van der Waals surface area contributed by atoms with Gasteiger partial charge in [0.25, 0.3) is 0 Å². The Morgan fingerprint density at radius 1 is 1.00 bits per heavy atom. The quantitative estimate of drug-likeness (QED) is 0.469. The lowest BCUT2D eigenvalue weighted by molar-refractivity contribution is -0.146. The monoisotopic (exact) mass is 491 g/mol. The number of amides is 3. The van der Waals surface area contributed by atoms with Crippen molar-refractivity contribution in [2.75, 3.05) is 6.54 Å². The van der Waals surface area contributed by atoms with Gasteiger partial charge in [-0.1, -0.05) is 32.1 Å². The molecule has 0 aromatic carbocycles. The molecule has 35 heavy (non-hydrogen) atoms. The summed E-state index contributed by atoms with van der Waals surface area (Å²) in [6.45, 7) is -0.0281. The van der Waals surface area contributed by atoms with Gasteiger partial charge in [0.05, 0.1) is 6.10 Å². The maximum atomic E-state index is 13.5. The third kappa shape index (κ3) is 5.13. The Bertz CT molecular complexity index is 871. The van der Waals surface area contributed by atoms with E-state index in [9.17, 15) is 29.4 Å². The summed E-state index contributed by atoms with van der Waals surface area (Å²) in [7, 11) is 0. The molecule has 0 aromatic heterocycles. The lowest BCUT2D eigenvalue weighted by Crippen LogP contribution is -2.56. The lowest BCUT2D eigenvalue weighted by atomic mass is 10.0. The minimum atomic E-state index is -1.29. The number of ether oxygens (including phenoxy) is 1. The summed E-state index contributed by atoms with van der Waals surface area (Å²) in [5.41, 5.74) is -1.29. The number of nitrogens with zero attached hydrogens (tertiary/aromatic N) is 1. The highest BCUT2D eigenvalue weighted by Gasteiger charge is 2.62. The summed E-state index contributed by atoms with van der Waals surface area (Å²) in [5.74, 6) is -0.823. The van der Waals surface area contributed by atoms with E-state index in [1.54, 1.807) is 0 Å². The van der Waals surface area contributed by atoms with Gasteiger partial charge in [0.2, 0.25) is 11.8 Å². The van der Waals surface area contributed by atoms with Crippen LogP contribution in [-0.2, 0) is 19.1 Å². The van der Waals surface area contributed by atoms with Crippen LogP contribution in [0.15, 0.2) is 0 Å². The average Bonchev–Trinajstić information content (AvgIpc) is 3.61. The SMILES string of the molecule is O=C(N[C@H]1CCCCCCC[C@@H]2C[C@@]2(C(=O)O)NC(=O)[C@@H]2C[C@@H](O)CN2C1=O)O[C@@H]1C[C@@H]2C[C@@H]2C1. The second-order valence-electron chi connectivity index (χ2n) is 11.4. The van der Waals surface area contributed by atoms with E-state index in [-0.39, 0.29) is 25.0 Å². The van der Waals surface area contributed by atoms with Crippen LogP contribution in [0.4, 0.5) is 4.79 Å². The number of carboxylic acid groups (broad SMARTS) is 1. The highest BCUT2D eigenvalue weighted by Crippen LogP contribution is 2.52. The van der Waals surface area contributed by atoms with Crippen LogP contribution in [0.3, 0.4) is 0 Å². The molecule has 2 saturated heterocycles. The molecule has 2 heterocycles. The molecule has 3 amide bonds. The van der Waals surface area contributed by atoms with Gasteiger partial charge in [-0.25, -0.2) is 9.59 Å². The first kappa shape index (κ1) is 24.3. The summed E-state index contributed by atoms with van der Waals surface area (Å²) >= 11 is 0. The molecule has 3 saturated carbocycles. The van der Waals surface area contributed by atoms with Crippen LogP contribution in [0.1, 0.15) is 77.0 Å². The zero-order valence-electron chi connectivity index (χ0n) is 20.1. The number of hydrogen-bond acceptors (Lipinski definition) is 6. The van der Waals surface area contributed by atoms with E-state index in [0.717, 1.165) is 51.4 Å². The number of carbonyl (C=O) groups excluding carboxylic acids is 3. The van der Waals surface area contributed by atoms with Gasteiger partial charge in [-0.15, -0.1) is 0 Å². The molecule has 10 heteroatoms. The van der Waals surface area contributed by atoms with Gasteiger partial charge in [-0.2, -0.15) is 0 Å². The number of aliphatic hydroxyl groups excluding tert-OH is 1. The number of hydrogen-bond donors (Lipinski definition) is 4. The maximum Gasteiger partial charge on any atom is 0.408 e. The highest BCUT2D eigenvalue weighted by molar-refractivity contribution is 5.95. The Labute approximate surface area is 205 Å². The molecule has 8 atom stereocenters. The molecule has 5 rings (SSSR count). The molecule has 3 aliphatic carbocycles. The molecular formula is C25H37N3O7. The topological polar surface area (TPSA) is 145 Å². The molecule has 5 aliphatic rings. The fourth-order valence-corrected chi connectivity index (χ4v) is 6.57.